The van der Waals surface area contributed by atoms with Crippen LogP contribution in [0.4, 0.5) is 13.2 Å². The highest BCUT2D eigenvalue weighted by Gasteiger charge is 2.29. The van der Waals surface area contributed by atoms with Gasteiger partial charge in [-0.3, -0.25) is 0 Å². The molecule has 0 saturated heterocycles. The van der Waals surface area contributed by atoms with Crippen molar-refractivity contribution in [2.24, 2.45) is 0 Å². The van der Waals surface area contributed by atoms with Gasteiger partial charge in [-0.05, 0) is 47.9 Å². The summed E-state index contributed by atoms with van der Waals surface area (Å²) in [5.74, 6) is 0. The maximum atomic E-state index is 12.4. The lowest BCUT2D eigenvalue weighted by Crippen LogP contribution is -2.03. The third kappa shape index (κ3) is 2.93. The van der Waals surface area contributed by atoms with Crippen LogP contribution < -0.4 is 0 Å². The van der Waals surface area contributed by atoms with Crippen LogP contribution in [0.1, 0.15) is 11.1 Å². The summed E-state index contributed by atoms with van der Waals surface area (Å²) >= 11 is 3.38. The Labute approximate surface area is 112 Å². The summed E-state index contributed by atoms with van der Waals surface area (Å²) in [7, 11) is 0. The molecule has 0 nitrogen and oxygen atoms in total. The summed E-state index contributed by atoms with van der Waals surface area (Å²) in [6.45, 7) is 1.94. The van der Waals surface area contributed by atoms with E-state index < -0.39 is 11.7 Å². The fraction of sp³-hybridized carbons (Fsp3) is 0.143. The van der Waals surface area contributed by atoms with E-state index >= 15 is 0 Å². The highest BCUT2D eigenvalue weighted by Crippen LogP contribution is 2.31. The number of halogens is 4. The van der Waals surface area contributed by atoms with Crippen molar-refractivity contribution in [2.75, 3.05) is 0 Å². The van der Waals surface area contributed by atoms with Gasteiger partial charge in [0, 0.05) is 4.47 Å². The summed E-state index contributed by atoms with van der Waals surface area (Å²) in [5, 5.41) is 0. The zero-order valence-electron chi connectivity index (χ0n) is 9.55. The van der Waals surface area contributed by atoms with Crippen LogP contribution in [-0.4, -0.2) is 0 Å². The standard InChI is InChI=1S/C14H10BrF3/c1-9-6-11(8-13(15)7-9)10-2-4-12(5-3-10)14(16,17)18/h2-8H,1H3. The van der Waals surface area contributed by atoms with Crippen LogP contribution in [0.5, 0.6) is 0 Å². The van der Waals surface area contributed by atoms with E-state index in [2.05, 4.69) is 15.9 Å². The normalized spacial score (nSPS) is 11.6. The van der Waals surface area contributed by atoms with Crippen molar-refractivity contribution in [1.29, 1.82) is 0 Å². The third-order valence-corrected chi connectivity index (χ3v) is 3.05. The molecule has 0 aliphatic heterocycles. The molecule has 0 radical (unpaired) electrons. The van der Waals surface area contributed by atoms with Gasteiger partial charge >= 0.3 is 6.18 Å². The second-order valence-corrected chi connectivity index (χ2v) is 5.01. The summed E-state index contributed by atoms with van der Waals surface area (Å²) in [5.41, 5.74) is 2.10. The lowest BCUT2D eigenvalue weighted by atomic mass is 10.0. The quantitative estimate of drug-likeness (QED) is 0.657. The largest absolute Gasteiger partial charge is 0.416 e. The average Bonchev–Trinajstić information content (AvgIpc) is 2.27. The van der Waals surface area contributed by atoms with Gasteiger partial charge in [0.25, 0.3) is 0 Å². The molecular weight excluding hydrogens is 305 g/mol. The molecule has 0 aliphatic carbocycles. The number of aryl methyl sites for hydroxylation is 1. The minimum atomic E-state index is -4.29. The van der Waals surface area contributed by atoms with Crippen LogP contribution in [0.3, 0.4) is 0 Å². The number of hydrogen-bond acceptors (Lipinski definition) is 0. The first-order chi connectivity index (χ1) is 8.36. The summed E-state index contributed by atoms with van der Waals surface area (Å²) in [4.78, 5) is 0. The maximum Gasteiger partial charge on any atom is 0.416 e. The molecule has 0 atom stereocenters. The third-order valence-electron chi connectivity index (χ3n) is 2.59. The van der Waals surface area contributed by atoms with E-state index in [0.29, 0.717) is 0 Å². The van der Waals surface area contributed by atoms with Gasteiger partial charge in [0.1, 0.15) is 0 Å². The first-order valence-corrected chi connectivity index (χ1v) is 6.10. The molecule has 0 unspecified atom stereocenters. The number of rotatable bonds is 1. The maximum absolute atomic E-state index is 12.4. The summed E-state index contributed by atoms with van der Waals surface area (Å²) in [6.07, 6.45) is -4.29. The van der Waals surface area contributed by atoms with Gasteiger partial charge in [0.15, 0.2) is 0 Å². The van der Waals surface area contributed by atoms with E-state index in [4.69, 9.17) is 0 Å². The fourth-order valence-electron chi connectivity index (χ4n) is 1.75. The summed E-state index contributed by atoms with van der Waals surface area (Å²) in [6, 6.07) is 11.0. The molecule has 0 aliphatic rings. The van der Waals surface area contributed by atoms with E-state index in [9.17, 15) is 13.2 Å². The smallest absolute Gasteiger partial charge is 0.166 e. The summed E-state index contributed by atoms with van der Waals surface area (Å²) < 4.78 is 38.2. The van der Waals surface area contributed by atoms with Crippen LogP contribution in [-0.2, 0) is 6.18 Å². The minimum absolute atomic E-state index is 0.627. The zero-order chi connectivity index (χ0) is 13.3. The van der Waals surface area contributed by atoms with Crippen molar-refractivity contribution in [3.8, 4) is 11.1 Å². The molecule has 0 fully saturated rings. The number of alkyl halides is 3. The molecule has 0 bridgehead atoms. The van der Waals surface area contributed by atoms with Crippen molar-refractivity contribution in [3.63, 3.8) is 0 Å². The zero-order valence-corrected chi connectivity index (χ0v) is 11.1. The van der Waals surface area contributed by atoms with Gasteiger partial charge in [-0.2, -0.15) is 13.2 Å². The van der Waals surface area contributed by atoms with Crippen LogP contribution in [0.25, 0.3) is 11.1 Å². The SMILES string of the molecule is Cc1cc(Br)cc(-c2ccc(C(F)(F)F)cc2)c1. The first-order valence-electron chi connectivity index (χ1n) is 5.31. The Hall–Kier alpha value is -1.29. The highest BCUT2D eigenvalue weighted by atomic mass is 79.9. The Balaban J connectivity index is 2.40. The second kappa shape index (κ2) is 4.76. The predicted molar refractivity (Wildman–Crippen MR) is 69.3 cm³/mol. The van der Waals surface area contributed by atoms with Crippen LogP contribution in [0.15, 0.2) is 46.9 Å². The first kappa shape index (κ1) is 13.1. The van der Waals surface area contributed by atoms with Gasteiger partial charge in [-0.15, -0.1) is 0 Å². The van der Waals surface area contributed by atoms with E-state index in [1.165, 1.54) is 12.1 Å². The van der Waals surface area contributed by atoms with Gasteiger partial charge in [0.05, 0.1) is 5.56 Å². The number of hydrogen-bond donors (Lipinski definition) is 0. The van der Waals surface area contributed by atoms with E-state index in [-0.39, 0.29) is 0 Å². The van der Waals surface area contributed by atoms with Crippen molar-refractivity contribution in [1.82, 2.24) is 0 Å². The van der Waals surface area contributed by atoms with Crippen molar-refractivity contribution < 1.29 is 13.2 Å². The van der Waals surface area contributed by atoms with E-state index in [0.717, 1.165) is 33.3 Å². The molecule has 0 aromatic heterocycles. The Morgan fingerprint density at radius 1 is 0.889 bits per heavy atom. The van der Waals surface area contributed by atoms with Crippen LogP contribution in [0.2, 0.25) is 0 Å². The number of benzene rings is 2. The van der Waals surface area contributed by atoms with Crippen LogP contribution >= 0.6 is 15.9 Å². The minimum Gasteiger partial charge on any atom is -0.166 e. The van der Waals surface area contributed by atoms with Crippen molar-refractivity contribution >= 4 is 15.9 Å². The monoisotopic (exact) mass is 314 g/mol. The van der Waals surface area contributed by atoms with Crippen LogP contribution in [0, 0.1) is 6.92 Å². The highest BCUT2D eigenvalue weighted by molar-refractivity contribution is 9.10. The van der Waals surface area contributed by atoms with Gasteiger partial charge in [-0.1, -0.05) is 34.1 Å². The Morgan fingerprint density at radius 2 is 1.50 bits per heavy atom. The topological polar surface area (TPSA) is 0 Å². The van der Waals surface area contributed by atoms with Gasteiger partial charge in [0.2, 0.25) is 0 Å². The molecular formula is C14H10BrF3. The lowest BCUT2D eigenvalue weighted by Gasteiger charge is -2.08. The molecule has 2 aromatic rings. The average molecular weight is 315 g/mol. The van der Waals surface area contributed by atoms with E-state index in [1.807, 2.05) is 25.1 Å². The fourth-order valence-corrected chi connectivity index (χ4v) is 2.36. The van der Waals surface area contributed by atoms with Gasteiger partial charge < -0.3 is 0 Å². The molecule has 0 amide bonds. The molecule has 0 spiro atoms. The molecule has 18 heavy (non-hydrogen) atoms. The van der Waals surface area contributed by atoms with Crippen molar-refractivity contribution in [3.05, 3.63) is 58.1 Å². The lowest BCUT2D eigenvalue weighted by molar-refractivity contribution is -0.137. The molecule has 94 valence electrons. The Kier molecular flexibility index (Phi) is 3.48. The molecule has 0 N–H and O–H groups in total. The van der Waals surface area contributed by atoms with E-state index in [1.54, 1.807) is 0 Å². The van der Waals surface area contributed by atoms with Gasteiger partial charge in [-0.25, -0.2) is 0 Å². The molecule has 4 heteroatoms. The van der Waals surface area contributed by atoms with Crippen molar-refractivity contribution in [2.45, 2.75) is 13.1 Å². The molecule has 0 saturated carbocycles. The second-order valence-electron chi connectivity index (χ2n) is 4.09. The molecule has 0 heterocycles. The Morgan fingerprint density at radius 3 is 2.00 bits per heavy atom. The molecule has 2 aromatic carbocycles. The Bertz CT molecular complexity index is 536. The molecule has 2 rings (SSSR count). The predicted octanol–water partition coefficient (Wildman–Crippen LogP) is 5.44.